The van der Waals surface area contributed by atoms with E-state index in [0.717, 1.165) is 0 Å². The summed E-state index contributed by atoms with van der Waals surface area (Å²) in [6.45, 7) is 0. The Kier molecular flexibility index (Phi) is 4.69. The number of nitrogens with zero attached hydrogens (tertiary/aromatic N) is 2. The van der Waals surface area contributed by atoms with Gasteiger partial charge in [0.2, 0.25) is 0 Å². The van der Waals surface area contributed by atoms with Crippen LogP contribution in [0.15, 0.2) is 39.9 Å². The van der Waals surface area contributed by atoms with E-state index in [0.29, 0.717) is 22.8 Å². The second-order valence-electron chi connectivity index (χ2n) is 4.08. The zero-order valence-electron chi connectivity index (χ0n) is 11.5. The van der Waals surface area contributed by atoms with E-state index >= 15 is 0 Å². The molecule has 9 heteroatoms. The molecule has 114 valence electrons. The number of hydrogen-bond acceptors (Lipinski definition) is 6. The standard InChI is InChI=1S/C13H12N4O4S/c1-20-11-4-2-8(17(18)19)6-10(11)12-5-3-9(21-12)7-15-16-13(14)22/h2-7H,1H3,(H3,14,16,22). The van der Waals surface area contributed by atoms with E-state index in [1.54, 1.807) is 12.1 Å². The van der Waals surface area contributed by atoms with Crippen LogP contribution in [0.1, 0.15) is 5.76 Å². The number of hydrazone groups is 1. The molecule has 0 saturated heterocycles. The quantitative estimate of drug-likeness (QED) is 0.375. The summed E-state index contributed by atoms with van der Waals surface area (Å²) in [4.78, 5) is 10.4. The van der Waals surface area contributed by atoms with Gasteiger partial charge in [0, 0.05) is 12.1 Å². The largest absolute Gasteiger partial charge is 0.496 e. The van der Waals surface area contributed by atoms with Gasteiger partial charge in [-0.3, -0.25) is 15.5 Å². The fraction of sp³-hybridized carbons (Fsp3) is 0.0769. The third-order valence-electron chi connectivity index (χ3n) is 2.65. The molecule has 1 aromatic heterocycles. The van der Waals surface area contributed by atoms with Gasteiger partial charge in [0.25, 0.3) is 5.69 Å². The first-order valence-corrected chi connectivity index (χ1v) is 6.43. The highest BCUT2D eigenvalue weighted by molar-refractivity contribution is 7.80. The first-order valence-electron chi connectivity index (χ1n) is 6.02. The number of benzene rings is 1. The molecule has 0 aliphatic heterocycles. The molecule has 8 nitrogen and oxygen atoms in total. The van der Waals surface area contributed by atoms with Crippen LogP contribution in [0, 0.1) is 10.1 Å². The van der Waals surface area contributed by atoms with Gasteiger partial charge in [-0.05, 0) is 30.4 Å². The second kappa shape index (κ2) is 6.68. The number of rotatable bonds is 5. The summed E-state index contributed by atoms with van der Waals surface area (Å²) in [5.41, 5.74) is 8.04. The summed E-state index contributed by atoms with van der Waals surface area (Å²) in [6.07, 6.45) is 1.38. The highest BCUT2D eigenvalue weighted by Crippen LogP contribution is 2.34. The number of nitrogens with one attached hydrogen (secondary N) is 1. The van der Waals surface area contributed by atoms with Crippen LogP contribution < -0.4 is 15.9 Å². The molecular formula is C13H12N4O4S. The third-order valence-corrected chi connectivity index (χ3v) is 2.74. The molecule has 22 heavy (non-hydrogen) atoms. The minimum Gasteiger partial charge on any atom is -0.496 e. The van der Waals surface area contributed by atoms with Crippen molar-refractivity contribution >= 4 is 29.2 Å². The van der Waals surface area contributed by atoms with Crippen LogP contribution in [0.25, 0.3) is 11.3 Å². The van der Waals surface area contributed by atoms with Crippen molar-refractivity contribution in [3.8, 4) is 17.1 Å². The lowest BCUT2D eigenvalue weighted by atomic mass is 10.1. The van der Waals surface area contributed by atoms with Gasteiger partial charge in [-0.25, -0.2) is 0 Å². The highest BCUT2D eigenvalue weighted by Gasteiger charge is 2.15. The van der Waals surface area contributed by atoms with Crippen LogP contribution in [-0.4, -0.2) is 23.4 Å². The molecule has 0 atom stereocenters. The van der Waals surface area contributed by atoms with Crippen LogP contribution in [-0.2, 0) is 0 Å². The van der Waals surface area contributed by atoms with Crippen molar-refractivity contribution in [3.63, 3.8) is 0 Å². The average molecular weight is 320 g/mol. The Morgan fingerprint density at radius 2 is 2.27 bits per heavy atom. The lowest BCUT2D eigenvalue weighted by Gasteiger charge is -2.05. The molecule has 0 saturated carbocycles. The lowest BCUT2D eigenvalue weighted by molar-refractivity contribution is -0.384. The van der Waals surface area contributed by atoms with Gasteiger partial charge in [0.1, 0.15) is 17.3 Å². The summed E-state index contributed by atoms with van der Waals surface area (Å²) in [6, 6.07) is 7.56. The van der Waals surface area contributed by atoms with Crippen LogP contribution in [0.3, 0.4) is 0 Å². The molecule has 0 amide bonds. The van der Waals surface area contributed by atoms with Crippen molar-refractivity contribution < 1.29 is 14.1 Å². The Hall–Kier alpha value is -2.94. The molecule has 1 heterocycles. The fourth-order valence-corrected chi connectivity index (χ4v) is 1.78. The SMILES string of the molecule is COc1ccc([N+](=O)[O-])cc1-c1ccc(C=NNC(N)=S)o1. The number of thiocarbonyl (C=S) groups is 1. The van der Waals surface area contributed by atoms with Gasteiger partial charge >= 0.3 is 0 Å². The summed E-state index contributed by atoms with van der Waals surface area (Å²) in [7, 11) is 1.47. The minimum atomic E-state index is -0.486. The molecular weight excluding hydrogens is 308 g/mol. The molecule has 0 bridgehead atoms. The third kappa shape index (κ3) is 3.58. The molecule has 0 radical (unpaired) electrons. The van der Waals surface area contributed by atoms with E-state index in [1.165, 1.54) is 31.5 Å². The van der Waals surface area contributed by atoms with Gasteiger partial charge < -0.3 is 14.9 Å². The van der Waals surface area contributed by atoms with Crippen LogP contribution in [0.2, 0.25) is 0 Å². The van der Waals surface area contributed by atoms with Crippen LogP contribution in [0.5, 0.6) is 5.75 Å². The number of methoxy groups -OCH3 is 1. The summed E-state index contributed by atoms with van der Waals surface area (Å²) < 4.78 is 10.7. The Balaban J connectivity index is 2.33. The van der Waals surface area contributed by atoms with Gasteiger partial charge in [-0.15, -0.1) is 0 Å². The maximum atomic E-state index is 10.9. The molecule has 0 unspecified atom stereocenters. The topological polar surface area (TPSA) is 116 Å². The first kappa shape index (κ1) is 15.4. The molecule has 3 N–H and O–H groups in total. The van der Waals surface area contributed by atoms with Crippen molar-refractivity contribution in [2.75, 3.05) is 7.11 Å². The van der Waals surface area contributed by atoms with E-state index in [9.17, 15) is 10.1 Å². The normalized spacial score (nSPS) is 10.6. The molecule has 0 aliphatic rings. The average Bonchev–Trinajstić information content (AvgIpc) is 2.94. The monoisotopic (exact) mass is 320 g/mol. The zero-order valence-corrected chi connectivity index (χ0v) is 12.3. The van der Waals surface area contributed by atoms with Crippen molar-refractivity contribution in [1.29, 1.82) is 0 Å². The highest BCUT2D eigenvalue weighted by atomic mass is 32.1. The molecule has 0 fully saturated rings. The van der Waals surface area contributed by atoms with Gasteiger partial charge in [0.15, 0.2) is 5.11 Å². The van der Waals surface area contributed by atoms with Gasteiger partial charge in [-0.1, -0.05) is 0 Å². The fourth-order valence-electron chi connectivity index (χ4n) is 1.73. The maximum Gasteiger partial charge on any atom is 0.270 e. The van der Waals surface area contributed by atoms with E-state index < -0.39 is 4.92 Å². The summed E-state index contributed by atoms with van der Waals surface area (Å²) in [5, 5.41) is 14.7. The van der Waals surface area contributed by atoms with Crippen molar-refractivity contribution in [2.45, 2.75) is 0 Å². The number of non-ortho nitro benzene ring substituents is 1. The smallest absolute Gasteiger partial charge is 0.270 e. The predicted octanol–water partition coefficient (Wildman–Crippen LogP) is 2.03. The molecule has 0 spiro atoms. The molecule has 2 rings (SSSR count). The summed E-state index contributed by atoms with van der Waals surface area (Å²) in [5.74, 6) is 1.30. The predicted molar refractivity (Wildman–Crippen MR) is 84.9 cm³/mol. The Morgan fingerprint density at radius 3 is 2.91 bits per heavy atom. The van der Waals surface area contributed by atoms with Crippen molar-refractivity contribution in [3.05, 3.63) is 46.2 Å². The van der Waals surface area contributed by atoms with Gasteiger partial charge in [0.05, 0.1) is 23.8 Å². The first-order chi connectivity index (χ1) is 10.5. The number of furan rings is 1. The molecule has 0 aliphatic carbocycles. The number of nitrogens with two attached hydrogens (primary N) is 1. The van der Waals surface area contributed by atoms with Gasteiger partial charge in [-0.2, -0.15) is 5.10 Å². The minimum absolute atomic E-state index is 0.0309. The number of ether oxygens (including phenoxy) is 1. The lowest BCUT2D eigenvalue weighted by Crippen LogP contribution is -2.23. The Morgan fingerprint density at radius 1 is 1.50 bits per heavy atom. The second-order valence-corrected chi connectivity index (χ2v) is 4.52. The van der Waals surface area contributed by atoms with E-state index in [1.807, 2.05) is 0 Å². The van der Waals surface area contributed by atoms with E-state index in [-0.39, 0.29) is 10.8 Å². The van der Waals surface area contributed by atoms with Crippen molar-refractivity contribution in [2.24, 2.45) is 10.8 Å². The molecule has 2 aromatic rings. The number of nitro benzene ring substituents is 1. The zero-order chi connectivity index (χ0) is 16.1. The number of hydrogen-bond donors (Lipinski definition) is 2. The number of nitro groups is 1. The van der Waals surface area contributed by atoms with Crippen LogP contribution >= 0.6 is 12.2 Å². The Labute approximate surface area is 130 Å². The van der Waals surface area contributed by atoms with Crippen LogP contribution in [0.4, 0.5) is 5.69 Å². The van der Waals surface area contributed by atoms with E-state index in [4.69, 9.17) is 14.9 Å². The Bertz CT molecular complexity index is 741. The van der Waals surface area contributed by atoms with Crippen molar-refractivity contribution in [1.82, 2.24) is 5.43 Å². The van der Waals surface area contributed by atoms with E-state index in [2.05, 4.69) is 22.7 Å². The maximum absolute atomic E-state index is 10.9. The summed E-state index contributed by atoms with van der Waals surface area (Å²) >= 11 is 4.61. The molecule has 1 aromatic carbocycles.